The quantitative estimate of drug-likeness (QED) is 0.251. The summed E-state index contributed by atoms with van der Waals surface area (Å²) in [4.78, 5) is 0. The second-order valence-corrected chi connectivity index (χ2v) is 6.09. The maximum atomic E-state index is 10.1. The molecular weight excluding hydrogens is 255 g/mol. The van der Waals surface area contributed by atoms with Gasteiger partial charge in [0, 0.05) is 0 Å². The molecule has 0 aromatic carbocycles. The fourth-order valence-electron chi connectivity index (χ4n) is 2.43. The Morgan fingerprint density at radius 3 is 1.37 bits per heavy atom. The molecule has 1 unspecified atom stereocenters. The van der Waals surface area contributed by atoms with Crippen LogP contribution in [0, 0.1) is 0 Å². The van der Waals surface area contributed by atoms with E-state index in [2.05, 4.69) is 6.92 Å². The first-order valence-electron chi connectivity index (χ1n) is 8.47. The van der Waals surface area contributed by atoms with Crippen molar-refractivity contribution in [1.82, 2.24) is 0 Å². The molecule has 0 aliphatic heterocycles. The van der Waals surface area contributed by atoms with Crippen LogP contribution in [0.2, 0.25) is 0 Å². The maximum Gasteiger partial charge on any atom is 0.179 e. The summed E-state index contributed by atoms with van der Waals surface area (Å²) in [6, 6.07) is 0. The Bertz CT molecular complexity index is 174. The largest absolute Gasteiger partial charge is 0.332 e. The van der Waals surface area contributed by atoms with Gasteiger partial charge in [-0.1, -0.05) is 90.4 Å². The molecule has 1 atom stereocenters. The van der Waals surface area contributed by atoms with Crippen molar-refractivity contribution in [1.29, 1.82) is 0 Å². The monoisotopic (exact) mass is 290 g/mol. The summed E-state index contributed by atoms with van der Waals surface area (Å²) in [5, 5.41) is 0. The van der Waals surface area contributed by atoms with E-state index < -0.39 is 8.69 Å². The van der Waals surface area contributed by atoms with Gasteiger partial charge in [-0.15, -0.1) is 0 Å². The van der Waals surface area contributed by atoms with Gasteiger partial charge in [-0.05, 0) is 6.42 Å². The SMILES string of the molecule is CCCCCCCCCCCCCCCCO[PH2]=O. The first-order chi connectivity index (χ1) is 9.41. The molecule has 0 spiro atoms. The molecule has 0 amide bonds. The van der Waals surface area contributed by atoms with Crippen LogP contribution in [0.5, 0.6) is 0 Å². The molecular formula is C16H35O2P. The van der Waals surface area contributed by atoms with Gasteiger partial charge in [0.25, 0.3) is 0 Å². The molecule has 2 nitrogen and oxygen atoms in total. The Hall–Kier alpha value is 0.190. The lowest BCUT2D eigenvalue weighted by Gasteiger charge is -2.03. The molecule has 0 saturated heterocycles. The van der Waals surface area contributed by atoms with Crippen molar-refractivity contribution in [2.75, 3.05) is 6.61 Å². The standard InChI is InChI=1S/C16H35O2P/c1-2-3-4-5-6-7-8-9-10-11-12-13-14-15-16-18-19-17/h2-16,19H2,1H3. The fourth-order valence-corrected chi connectivity index (χ4v) is 2.69. The third kappa shape index (κ3) is 18.2. The van der Waals surface area contributed by atoms with E-state index in [1.807, 2.05) is 0 Å². The van der Waals surface area contributed by atoms with Gasteiger partial charge in [0.1, 0.15) is 0 Å². The molecule has 0 aromatic heterocycles. The van der Waals surface area contributed by atoms with Crippen LogP contribution in [0.4, 0.5) is 0 Å². The highest BCUT2D eigenvalue weighted by Gasteiger charge is 1.93. The van der Waals surface area contributed by atoms with E-state index >= 15 is 0 Å². The van der Waals surface area contributed by atoms with Crippen LogP contribution in [-0.2, 0) is 9.09 Å². The Morgan fingerprint density at radius 2 is 1.00 bits per heavy atom. The molecule has 19 heavy (non-hydrogen) atoms. The van der Waals surface area contributed by atoms with E-state index in [0.29, 0.717) is 6.61 Å². The average molecular weight is 290 g/mol. The van der Waals surface area contributed by atoms with Crippen LogP contribution in [-0.4, -0.2) is 6.61 Å². The van der Waals surface area contributed by atoms with Crippen molar-refractivity contribution >= 4 is 8.69 Å². The third-order valence-corrected chi connectivity index (χ3v) is 4.06. The van der Waals surface area contributed by atoms with Gasteiger partial charge >= 0.3 is 0 Å². The molecule has 0 heterocycles. The number of hydrogen-bond donors (Lipinski definition) is 0. The van der Waals surface area contributed by atoms with Gasteiger partial charge in [-0.25, -0.2) is 0 Å². The Labute approximate surface area is 122 Å². The molecule has 0 rings (SSSR count). The van der Waals surface area contributed by atoms with Crippen LogP contribution >= 0.6 is 8.69 Å². The summed E-state index contributed by atoms with van der Waals surface area (Å²) in [5.41, 5.74) is 0. The average Bonchev–Trinajstić information content (AvgIpc) is 2.43. The number of unbranched alkanes of at least 4 members (excludes halogenated alkanes) is 13. The lowest BCUT2D eigenvalue weighted by molar-refractivity contribution is 0.328. The molecule has 0 aliphatic rings. The zero-order chi connectivity index (χ0) is 14.0. The summed E-state index contributed by atoms with van der Waals surface area (Å²) in [5.74, 6) is 0. The minimum atomic E-state index is -0.990. The molecule has 0 N–H and O–H groups in total. The zero-order valence-corrected chi connectivity index (χ0v) is 14.2. The van der Waals surface area contributed by atoms with E-state index in [9.17, 15) is 4.57 Å². The smallest absolute Gasteiger partial charge is 0.179 e. The van der Waals surface area contributed by atoms with Crippen LogP contribution in [0.1, 0.15) is 96.8 Å². The van der Waals surface area contributed by atoms with Gasteiger partial charge in [-0.3, -0.25) is 4.57 Å². The Balaban J connectivity index is 2.89. The van der Waals surface area contributed by atoms with E-state index in [0.717, 1.165) is 6.42 Å². The molecule has 0 saturated carbocycles. The van der Waals surface area contributed by atoms with Crippen molar-refractivity contribution < 1.29 is 9.09 Å². The first kappa shape index (κ1) is 19.2. The molecule has 0 bridgehead atoms. The minimum Gasteiger partial charge on any atom is -0.332 e. The zero-order valence-electron chi connectivity index (χ0n) is 13.0. The molecule has 0 aromatic rings. The molecule has 0 aliphatic carbocycles. The van der Waals surface area contributed by atoms with Crippen LogP contribution in [0.3, 0.4) is 0 Å². The first-order valence-corrected chi connectivity index (χ1v) is 9.41. The summed E-state index contributed by atoms with van der Waals surface area (Å²) >= 11 is 0. The van der Waals surface area contributed by atoms with E-state index in [4.69, 9.17) is 4.52 Å². The van der Waals surface area contributed by atoms with Crippen LogP contribution in [0.25, 0.3) is 0 Å². The lowest BCUT2D eigenvalue weighted by Crippen LogP contribution is -1.86. The van der Waals surface area contributed by atoms with E-state index in [1.54, 1.807) is 0 Å². The summed E-state index contributed by atoms with van der Waals surface area (Å²) in [6.45, 7) is 2.97. The van der Waals surface area contributed by atoms with Gasteiger partial charge in [0.05, 0.1) is 6.61 Å². The second kappa shape index (κ2) is 18.2. The predicted octanol–water partition coefficient (Wildman–Crippen LogP) is 6.16. The van der Waals surface area contributed by atoms with Gasteiger partial charge in [0.2, 0.25) is 0 Å². The van der Waals surface area contributed by atoms with Crippen LogP contribution < -0.4 is 0 Å². The fraction of sp³-hybridized carbons (Fsp3) is 1.00. The molecule has 0 fully saturated rings. The van der Waals surface area contributed by atoms with Crippen molar-refractivity contribution in [2.45, 2.75) is 96.8 Å². The van der Waals surface area contributed by atoms with Gasteiger partial charge in [-0.2, -0.15) is 0 Å². The Morgan fingerprint density at radius 1 is 0.632 bits per heavy atom. The van der Waals surface area contributed by atoms with Crippen molar-refractivity contribution in [2.24, 2.45) is 0 Å². The third-order valence-electron chi connectivity index (χ3n) is 3.68. The summed E-state index contributed by atoms with van der Waals surface area (Å²) in [6.07, 6.45) is 19.2. The van der Waals surface area contributed by atoms with Crippen molar-refractivity contribution in [3.63, 3.8) is 0 Å². The lowest BCUT2D eigenvalue weighted by atomic mass is 10.0. The van der Waals surface area contributed by atoms with Crippen molar-refractivity contribution in [3.05, 3.63) is 0 Å². The molecule has 3 heteroatoms. The van der Waals surface area contributed by atoms with Crippen LogP contribution in [0.15, 0.2) is 0 Å². The molecule has 0 radical (unpaired) electrons. The highest BCUT2D eigenvalue weighted by atomic mass is 31.1. The van der Waals surface area contributed by atoms with Gasteiger partial charge < -0.3 is 4.52 Å². The van der Waals surface area contributed by atoms with E-state index in [-0.39, 0.29) is 0 Å². The van der Waals surface area contributed by atoms with Crippen molar-refractivity contribution in [3.8, 4) is 0 Å². The normalized spacial score (nSPS) is 11.6. The highest BCUT2D eigenvalue weighted by molar-refractivity contribution is 7.17. The Kier molecular flexibility index (Phi) is 18.4. The molecule has 116 valence electrons. The summed E-state index contributed by atoms with van der Waals surface area (Å²) < 4.78 is 15.0. The number of hydrogen-bond acceptors (Lipinski definition) is 2. The second-order valence-electron chi connectivity index (χ2n) is 5.56. The van der Waals surface area contributed by atoms with E-state index in [1.165, 1.54) is 83.5 Å². The maximum absolute atomic E-state index is 10.1. The number of rotatable bonds is 16. The van der Waals surface area contributed by atoms with Gasteiger partial charge in [0.15, 0.2) is 8.69 Å². The topological polar surface area (TPSA) is 26.3 Å². The minimum absolute atomic E-state index is 0.691. The summed E-state index contributed by atoms with van der Waals surface area (Å²) in [7, 11) is -0.990. The highest BCUT2D eigenvalue weighted by Crippen LogP contribution is 2.13. The predicted molar refractivity (Wildman–Crippen MR) is 86.7 cm³/mol.